The molecule has 1 N–H and O–H groups in total. The number of benzene rings is 1. The lowest BCUT2D eigenvalue weighted by molar-refractivity contribution is 0.171. The van der Waals surface area contributed by atoms with Crippen molar-refractivity contribution >= 4 is 22.6 Å². The molecule has 2 aliphatic heterocycles. The van der Waals surface area contributed by atoms with Crippen molar-refractivity contribution in [3.05, 3.63) is 18.2 Å². The first-order valence-corrected chi connectivity index (χ1v) is 6.24. The minimum atomic E-state index is 0.617. The molecule has 0 aromatic heterocycles. The summed E-state index contributed by atoms with van der Waals surface area (Å²) in [6.45, 7) is 2.14. The maximum absolute atomic E-state index is 5.52. The van der Waals surface area contributed by atoms with Gasteiger partial charge in [0.1, 0.15) is 13.2 Å². The van der Waals surface area contributed by atoms with Gasteiger partial charge in [0.2, 0.25) is 0 Å². The van der Waals surface area contributed by atoms with E-state index in [0.29, 0.717) is 13.2 Å². The summed E-state index contributed by atoms with van der Waals surface area (Å²) in [6.07, 6.45) is 0. The Morgan fingerprint density at radius 3 is 2.88 bits per heavy atom. The monoisotopic (exact) mass is 236 g/mol. The Morgan fingerprint density at radius 1 is 1.19 bits per heavy atom. The number of amidine groups is 1. The molecule has 4 nitrogen and oxygen atoms in total. The molecule has 1 aromatic carbocycles. The second kappa shape index (κ2) is 4.25. The highest BCUT2D eigenvalue weighted by molar-refractivity contribution is 8.14. The Bertz CT molecular complexity index is 434. The molecule has 0 aliphatic carbocycles. The summed E-state index contributed by atoms with van der Waals surface area (Å²) in [4.78, 5) is 4.34. The number of hydrogen-bond acceptors (Lipinski definition) is 5. The lowest BCUT2D eigenvalue weighted by Crippen LogP contribution is -2.15. The molecule has 0 unspecified atom stereocenters. The first-order valence-electron chi connectivity index (χ1n) is 5.26. The summed E-state index contributed by atoms with van der Waals surface area (Å²) in [5, 5.41) is 4.25. The fourth-order valence-corrected chi connectivity index (χ4v) is 2.40. The largest absolute Gasteiger partial charge is 0.486 e. The van der Waals surface area contributed by atoms with Crippen molar-refractivity contribution < 1.29 is 9.47 Å². The van der Waals surface area contributed by atoms with Crippen molar-refractivity contribution in [3.8, 4) is 11.5 Å². The number of rotatable bonds is 1. The Balaban J connectivity index is 1.80. The molecule has 0 fully saturated rings. The quantitative estimate of drug-likeness (QED) is 0.809. The van der Waals surface area contributed by atoms with Crippen molar-refractivity contribution in [2.45, 2.75) is 0 Å². The maximum atomic E-state index is 5.52. The normalized spacial score (nSPS) is 18.1. The Labute approximate surface area is 98.0 Å². The van der Waals surface area contributed by atoms with Gasteiger partial charge in [-0.15, -0.1) is 0 Å². The minimum absolute atomic E-state index is 0.617. The lowest BCUT2D eigenvalue weighted by Gasteiger charge is -2.19. The molecule has 84 valence electrons. The molecule has 0 radical (unpaired) electrons. The van der Waals surface area contributed by atoms with Crippen LogP contribution in [-0.2, 0) is 0 Å². The molecular weight excluding hydrogens is 224 g/mol. The highest BCUT2D eigenvalue weighted by Gasteiger charge is 2.13. The van der Waals surface area contributed by atoms with E-state index in [2.05, 4.69) is 10.3 Å². The molecule has 5 heteroatoms. The fourth-order valence-electron chi connectivity index (χ4n) is 1.66. The van der Waals surface area contributed by atoms with Crippen LogP contribution in [0, 0.1) is 0 Å². The average molecular weight is 236 g/mol. The molecule has 0 bridgehead atoms. The predicted octanol–water partition coefficient (Wildman–Crippen LogP) is 1.97. The number of nitrogens with one attached hydrogen (secondary N) is 1. The van der Waals surface area contributed by atoms with E-state index < -0.39 is 0 Å². The third kappa shape index (κ3) is 1.95. The molecule has 16 heavy (non-hydrogen) atoms. The van der Waals surface area contributed by atoms with E-state index in [1.54, 1.807) is 11.8 Å². The molecule has 1 aromatic rings. The van der Waals surface area contributed by atoms with Gasteiger partial charge in [-0.3, -0.25) is 4.99 Å². The van der Waals surface area contributed by atoms with E-state index in [1.807, 2.05) is 18.2 Å². The third-order valence-electron chi connectivity index (χ3n) is 2.38. The van der Waals surface area contributed by atoms with Crippen LogP contribution in [0.3, 0.4) is 0 Å². The summed E-state index contributed by atoms with van der Waals surface area (Å²) in [5.41, 5.74) is 0.998. The Kier molecular flexibility index (Phi) is 2.61. The molecule has 3 rings (SSSR count). The smallest absolute Gasteiger partial charge is 0.163 e. The van der Waals surface area contributed by atoms with Gasteiger partial charge in [0.15, 0.2) is 16.7 Å². The van der Waals surface area contributed by atoms with Crippen LogP contribution in [0.2, 0.25) is 0 Å². The number of fused-ring (bicyclic) bond motifs is 1. The predicted molar refractivity (Wildman–Crippen MR) is 65.8 cm³/mol. The van der Waals surface area contributed by atoms with Crippen LogP contribution in [0.1, 0.15) is 0 Å². The number of aliphatic imine (C=N–C) groups is 1. The van der Waals surface area contributed by atoms with E-state index in [0.717, 1.165) is 34.7 Å². The van der Waals surface area contributed by atoms with Crippen LogP contribution in [0.25, 0.3) is 0 Å². The third-order valence-corrected chi connectivity index (χ3v) is 3.27. The zero-order chi connectivity index (χ0) is 10.8. The number of ether oxygens (including phenoxy) is 2. The summed E-state index contributed by atoms with van der Waals surface area (Å²) in [5.74, 6) is 2.69. The summed E-state index contributed by atoms with van der Waals surface area (Å²) in [7, 11) is 0. The van der Waals surface area contributed by atoms with Gasteiger partial charge in [0, 0.05) is 17.5 Å². The van der Waals surface area contributed by atoms with Crippen LogP contribution in [0.5, 0.6) is 11.5 Å². The molecule has 0 atom stereocenters. The van der Waals surface area contributed by atoms with Gasteiger partial charge in [-0.25, -0.2) is 0 Å². The van der Waals surface area contributed by atoms with Crippen molar-refractivity contribution in [1.82, 2.24) is 0 Å². The number of hydrogen-bond donors (Lipinski definition) is 1. The van der Waals surface area contributed by atoms with E-state index in [-0.39, 0.29) is 0 Å². The van der Waals surface area contributed by atoms with Crippen LogP contribution in [0.15, 0.2) is 23.2 Å². The van der Waals surface area contributed by atoms with Gasteiger partial charge in [-0.2, -0.15) is 0 Å². The number of anilines is 1. The molecule has 2 heterocycles. The SMILES string of the molecule is c1cc2c(cc1NC1=NCCS1)OCCO2. The van der Waals surface area contributed by atoms with Gasteiger partial charge in [-0.1, -0.05) is 11.8 Å². The average Bonchev–Trinajstić information content (AvgIpc) is 2.82. The lowest BCUT2D eigenvalue weighted by atomic mass is 10.2. The van der Waals surface area contributed by atoms with Gasteiger partial charge in [0.05, 0.1) is 6.54 Å². The molecule has 0 saturated heterocycles. The second-order valence-corrected chi connectivity index (χ2v) is 4.60. The maximum Gasteiger partial charge on any atom is 0.163 e. The zero-order valence-corrected chi connectivity index (χ0v) is 9.55. The number of thioether (sulfide) groups is 1. The molecule has 0 amide bonds. The van der Waals surface area contributed by atoms with Gasteiger partial charge >= 0.3 is 0 Å². The van der Waals surface area contributed by atoms with E-state index in [4.69, 9.17) is 9.47 Å². The van der Waals surface area contributed by atoms with Crippen molar-refractivity contribution in [2.24, 2.45) is 4.99 Å². The van der Waals surface area contributed by atoms with E-state index in [1.165, 1.54) is 0 Å². The second-order valence-electron chi connectivity index (χ2n) is 3.52. The molecule has 2 aliphatic rings. The van der Waals surface area contributed by atoms with Crippen LogP contribution in [-0.4, -0.2) is 30.7 Å². The first-order chi connectivity index (χ1) is 7.92. The van der Waals surface area contributed by atoms with Crippen LogP contribution in [0.4, 0.5) is 5.69 Å². The minimum Gasteiger partial charge on any atom is -0.486 e. The van der Waals surface area contributed by atoms with Crippen LogP contribution < -0.4 is 14.8 Å². The zero-order valence-electron chi connectivity index (χ0n) is 8.73. The highest BCUT2D eigenvalue weighted by atomic mass is 32.2. The van der Waals surface area contributed by atoms with E-state index >= 15 is 0 Å². The summed E-state index contributed by atoms with van der Waals surface area (Å²) in [6, 6.07) is 5.86. The molecule has 0 saturated carbocycles. The van der Waals surface area contributed by atoms with Gasteiger partial charge < -0.3 is 14.8 Å². The van der Waals surface area contributed by atoms with Crippen molar-refractivity contribution in [2.75, 3.05) is 30.8 Å². The first kappa shape index (κ1) is 9.84. The summed E-state index contributed by atoms with van der Waals surface area (Å²) < 4.78 is 11.0. The van der Waals surface area contributed by atoms with Crippen molar-refractivity contribution in [3.63, 3.8) is 0 Å². The molecule has 0 spiro atoms. The summed E-state index contributed by atoms with van der Waals surface area (Å²) >= 11 is 1.74. The van der Waals surface area contributed by atoms with Crippen molar-refractivity contribution in [1.29, 1.82) is 0 Å². The Hall–Kier alpha value is -1.36. The molecular formula is C11H12N2O2S. The number of nitrogens with zero attached hydrogens (tertiary/aromatic N) is 1. The highest BCUT2D eigenvalue weighted by Crippen LogP contribution is 2.33. The van der Waals surface area contributed by atoms with Gasteiger partial charge in [0.25, 0.3) is 0 Å². The Morgan fingerprint density at radius 2 is 2.06 bits per heavy atom. The standard InChI is InChI=1S/C11H12N2O2S/c1-2-9-10(15-5-4-14-9)7-8(1)13-11-12-3-6-16-11/h1-2,7H,3-6H2,(H,12,13). The fraction of sp³-hybridized carbons (Fsp3) is 0.364. The van der Waals surface area contributed by atoms with E-state index in [9.17, 15) is 0 Å². The van der Waals surface area contributed by atoms with Crippen LogP contribution >= 0.6 is 11.8 Å². The topological polar surface area (TPSA) is 42.9 Å². The van der Waals surface area contributed by atoms with Gasteiger partial charge in [-0.05, 0) is 12.1 Å².